The Morgan fingerprint density at radius 2 is 1.89 bits per heavy atom. The van der Waals surface area contributed by atoms with Crippen molar-refractivity contribution in [3.8, 4) is 5.75 Å². The van der Waals surface area contributed by atoms with E-state index < -0.39 is 0 Å². The number of nitrogens with two attached hydrogens (primary N) is 1. The van der Waals surface area contributed by atoms with Gasteiger partial charge in [-0.15, -0.1) is 11.8 Å². The molecule has 0 atom stereocenters. The Balaban J connectivity index is 2.18. The summed E-state index contributed by atoms with van der Waals surface area (Å²) >= 11 is 1.63. The Bertz CT molecular complexity index is 597. The molecule has 0 aliphatic rings. The largest absolute Gasteiger partial charge is 0.505 e. The van der Waals surface area contributed by atoms with E-state index >= 15 is 0 Å². The van der Waals surface area contributed by atoms with E-state index in [1.165, 1.54) is 6.07 Å². The number of aromatic hydroxyl groups is 1. The zero-order chi connectivity index (χ0) is 13.8. The number of para-hydroxylation sites is 1. The second-order valence-electron chi connectivity index (χ2n) is 3.93. The maximum atomic E-state index is 12.0. The van der Waals surface area contributed by atoms with Crippen LogP contribution in [0, 0.1) is 0 Å². The number of hydrogen-bond donors (Lipinski definition) is 3. The summed E-state index contributed by atoms with van der Waals surface area (Å²) in [5, 5.41) is 12.5. The maximum Gasteiger partial charge on any atom is 0.259 e. The lowest BCUT2D eigenvalue weighted by molar-refractivity contribution is 0.102. The molecule has 98 valence electrons. The van der Waals surface area contributed by atoms with Crippen LogP contribution in [0.2, 0.25) is 0 Å². The highest BCUT2D eigenvalue weighted by molar-refractivity contribution is 7.98. The smallest absolute Gasteiger partial charge is 0.259 e. The summed E-state index contributed by atoms with van der Waals surface area (Å²) in [6.07, 6.45) is 1.98. The van der Waals surface area contributed by atoms with Gasteiger partial charge in [-0.3, -0.25) is 4.79 Å². The number of benzene rings is 2. The molecule has 2 aromatic carbocycles. The fraction of sp³-hybridized carbons (Fsp3) is 0.0714. The number of anilines is 2. The molecule has 2 rings (SSSR count). The molecule has 0 saturated carbocycles. The molecule has 19 heavy (non-hydrogen) atoms. The van der Waals surface area contributed by atoms with Crippen molar-refractivity contribution >= 4 is 29.0 Å². The molecule has 5 heteroatoms. The summed E-state index contributed by atoms with van der Waals surface area (Å²) in [4.78, 5) is 13.1. The number of rotatable bonds is 3. The third kappa shape index (κ3) is 3.00. The van der Waals surface area contributed by atoms with Crippen molar-refractivity contribution in [1.29, 1.82) is 0 Å². The normalized spacial score (nSPS) is 10.2. The van der Waals surface area contributed by atoms with Gasteiger partial charge in [0.2, 0.25) is 0 Å². The second-order valence-corrected chi connectivity index (χ2v) is 4.81. The lowest BCUT2D eigenvalue weighted by atomic mass is 10.1. The fourth-order valence-electron chi connectivity index (χ4n) is 1.62. The molecule has 0 spiro atoms. The average molecular weight is 274 g/mol. The number of amides is 1. The van der Waals surface area contributed by atoms with Crippen LogP contribution in [0.3, 0.4) is 0 Å². The van der Waals surface area contributed by atoms with E-state index in [1.54, 1.807) is 23.9 Å². The van der Waals surface area contributed by atoms with Crippen LogP contribution in [-0.2, 0) is 0 Å². The molecule has 0 aliphatic carbocycles. The van der Waals surface area contributed by atoms with Gasteiger partial charge >= 0.3 is 0 Å². The molecular formula is C14H14N2O2S. The van der Waals surface area contributed by atoms with Crippen LogP contribution in [0.1, 0.15) is 10.4 Å². The molecule has 0 heterocycles. The van der Waals surface area contributed by atoms with Crippen molar-refractivity contribution in [3.05, 3.63) is 48.0 Å². The quantitative estimate of drug-likeness (QED) is 0.457. The van der Waals surface area contributed by atoms with Crippen molar-refractivity contribution < 1.29 is 9.90 Å². The molecular weight excluding hydrogens is 260 g/mol. The number of thioether (sulfide) groups is 1. The molecule has 0 bridgehead atoms. The van der Waals surface area contributed by atoms with Gasteiger partial charge in [0.1, 0.15) is 0 Å². The SMILES string of the molecule is CSc1ccc(NC(=O)c2cccc(N)c2O)cc1. The van der Waals surface area contributed by atoms with Gasteiger partial charge in [0, 0.05) is 10.6 Å². The van der Waals surface area contributed by atoms with E-state index in [1.807, 2.05) is 30.5 Å². The summed E-state index contributed by atoms with van der Waals surface area (Å²) < 4.78 is 0. The van der Waals surface area contributed by atoms with Crippen LogP contribution in [-0.4, -0.2) is 17.3 Å². The number of nitrogen functional groups attached to an aromatic ring is 1. The van der Waals surface area contributed by atoms with Crippen molar-refractivity contribution in [2.45, 2.75) is 4.90 Å². The van der Waals surface area contributed by atoms with Crippen LogP contribution in [0.15, 0.2) is 47.4 Å². The third-order valence-electron chi connectivity index (χ3n) is 2.66. The molecule has 0 saturated heterocycles. The summed E-state index contributed by atoms with van der Waals surface area (Å²) in [6, 6.07) is 12.1. The second kappa shape index (κ2) is 5.67. The van der Waals surface area contributed by atoms with Gasteiger partial charge in [-0.1, -0.05) is 6.07 Å². The van der Waals surface area contributed by atoms with E-state index in [-0.39, 0.29) is 22.9 Å². The average Bonchev–Trinajstić information content (AvgIpc) is 2.42. The summed E-state index contributed by atoms with van der Waals surface area (Å²) in [5.41, 5.74) is 6.57. The highest BCUT2D eigenvalue weighted by atomic mass is 32.2. The Hall–Kier alpha value is -2.14. The maximum absolute atomic E-state index is 12.0. The molecule has 0 unspecified atom stereocenters. The van der Waals surface area contributed by atoms with E-state index in [9.17, 15) is 9.90 Å². The van der Waals surface area contributed by atoms with Gasteiger partial charge in [-0.05, 0) is 42.7 Å². The monoisotopic (exact) mass is 274 g/mol. The van der Waals surface area contributed by atoms with Crippen LogP contribution >= 0.6 is 11.8 Å². The zero-order valence-electron chi connectivity index (χ0n) is 10.4. The van der Waals surface area contributed by atoms with Crippen LogP contribution in [0.5, 0.6) is 5.75 Å². The molecule has 1 amide bonds. The molecule has 0 aliphatic heterocycles. The Labute approximate surface area is 115 Å². The molecule has 0 fully saturated rings. The topological polar surface area (TPSA) is 75.4 Å². The predicted molar refractivity (Wildman–Crippen MR) is 78.7 cm³/mol. The molecule has 4 nitrogen and oxygen atoms in total. The number of carbonyl (C=O) groups is 1. The van der Waals surface area contributed by atoms with Gasteiger partial charge in [-0.25, -0.2) is 0 Å². The summed E-state index contributed by atoms with van der Waals surface area (Å²) in [5.74, 6) is -0.581. The number of phenolic OH excluding ortho intramolecular Hbond substituents is 1. The Kier molecular flexibility index (Phi) is 3.97. The zero-order valence-corrected chi connectivity index (χ0v) is 11.2. The van der Waals surface area contributed by atoms with Crippen LogP contribution in [0.4, 0.5) is 11.4 Å². The highest BCUT2D eigenvalue weighted by Gasteiger charge is 2.12. The fourth-order valence-corrected chi connectivity index (χ4v) is 2.03. The lowest BCUT2D eigenvalue weighted by Crippen LogP contribution is -2.12. The standard InChI is InChI=1S/C14H14N2O2S/c1-19-10-7-5-9(6-8-10)16-14(18)11-3-2-4-12(15)13(11)17/h2-8,17H,15H2,1H3,(H,16,18). The molecule has 2 aromatic rings. The van der Waals surface area contributed by atoms with E-state index in [0.717, 1.165) is 4.90 Å². The lowest BCUT2D eigenvalue weighted by Gasteiger charge is -2.08. The number of hydrogen-bond acceptors (Lipinski definition) is 4. The molecule has 0 radical (unpaired) electrons. The highest BCUT2D eigenvalue weighted by Crippen LogP contribution is 2.25. The van der Waals surface area contributed by atoms with Crippen molar-refractivity contribution in [2.75, 3.05) is 17.3 Å². The van der Waals surface area contributed by atoms with E-state index in [4.69, 9.17) is 5.73 Å². The van der Waals surface area contributed by atoms with E-state index in [2.05, 4.69) is 5.32 Å². The Morgan fingerprint density at radius 3 is 2.53 bits per heavy atom. The minimum absolute atomic E-state index is 0.161. The van der Waals surface area contributed by atoms with Gasteiger partial charge < -0.3 is 16.2 Å². The van der Waals surface area contributed by atoms with Gasteiger partial charge in [0.05, 0.1) is 11.3 Å². The minimum Gasteiger partial charge on any atom is -0.505 e. The van der Waals surface area contributed by atoms with Gasteiger partial charge in [0.15, 0.2) is 5.75 Å². The minimum atomic E-state index is -0.387. The first-order valence-electron chi connectivity index (χ1n) is 5.64. The first kappa shape index (κ1) is 13.3. The number of nitrogens with one attached hydrogen (secondary N) is 1. The third-order valence-corrected chi connectivity index (χ3v) is 3.40. The van der Waals surface area contributed by atoms with Crippen molar-refractivity contribution in [3.63, 3.8) is 0 Å². The van der Waals surface area contributed by atoms with Crippen LogP contribution < -0.4 is 11.1 Å². The first-order valence-corrected chi connectivity index (χ1v) is 6.87. The number of carbonyl (C=O) groups excluding carboxylic acids is 1. The first-order chi connectivity index (χ1) is 9.11. The van der Waals surface area contributed by atoms with E-state index in [0.29, 0.717) is 5.69 Å². The molecule has 4 N–H and O–H groups in total. The van der Waals surface area contributed by atoms with Gasteiger partial charge in [-0.2, -0.15) is 0 Å². The Morgan fingerprint density at radius 1 is 1.21 bits per heavy atom. The molecule has 0 aromatic heterocycles. The van der Waals surface area contributed by atoms with Crippen molar-refractivity contribution in [1.82, 2.24) is 0 Å². The van der Waals surface area contributed by atoms with Gasteiger partial charge in [0.25, 0.3) is 5.91 Å². The summed E-state index contributed by atoms with van der Waals surface area (Å²) in [7, 11) is 0. The van der Waals surface area contributed by atoms with Crippen LogP contribution in [0.25, 0.3) is 0 Å². The summed E-state index contributed by atoms with van der Waals surface area (Å²) in [6.45, 7) is 0. The predicted octanol–water partition coefficient (Wildman–Crippen LogP) is 2.95. The van der Waals surface area contributed by atoms with Crippen molar-refractivity contribution in [2.24, 2.45) is 0 Å². The number of phenols is 1.